The first-order valence-corrected chi connectivity index (χ1v) is 6.33. The van der Waals surface area contributed by atoms with Crippen molar-refractivity contribution in [2.75, 3.05) is 7.11 Å². The summed E-state index contributed by atoms with van der Waals surface area (Å²) in [6.07, 6.45) is 2.40. The van der Waals surface area contributed by atoms with Crippen LogP contribution in [0.3, 0.4) is 0 Å². The van der Waals surface area contributed by atoms with Crippen LogP contribution in [-0.2, 0) is 0 Å². The minimum Gasteiger partial charge on any atom is -0.497 e. The number of benzene rings is 1. The molecule has 2 aromatic rings. The molecule has 1 aliphatic rings. The van der Waals surface area contributed by atoms with E-state index >= 15 is 0 Å². The largest absolute Gasteiger partial charge is 0.497 e. The highest BCUT2D eigenvalue weighted by atomic mass is 35.5. The highest BCUT2D eigenvalue weighted by Gasteiger charge is 2.26. The summed E-state index contributed by atoms with van der Waals surface area (Å²) in [5.74, 6) is 2.03. The minimum atomic E-state index is 0.504. The van der Waals surface area contributed by atoms with Crippen LogP contribution in [0.4, 0.5) is 0 Å². The molecule has 0 atom stereocenters. The van der Waals surface area contributed by atoms with Crippen molar-refractivity contribution in [3.8, 4) is 17.1 Å². The highest BCUT2D eigenvalue weighted by molar-refractivity contribution is 6.29. The molecule has 1 aromatic heterocycles. The van der Waals surface area contributed by atoms with Gasteiger partial charge in [-0.15, -0.1) is 0 Å². The van der Waals surface area contributed by atoms with Gasteiger partial charge < -0.3 is 4.74 Å². The summed E-state index contributed by atoms with van der Waals surface area (Å²) < 4.78 is 5.21. The Morgan fingerprint density at radius 2 is 2.06 bits per heavy atom. The van der Waals surface area contributed by atoms with Crippen LogP contribution >= 0.6 is 11.6 Å². The van der Waals surface area contributed by atoms with Crippen molar-refractivity contribution in [1.29, 1.82) is 0 Å². The lowest BCUT2D eigenvalue weighted by molar-refractivity contribution is 0.415. The van der Waals surface area contributed by atoms with Gasteiger partial charge in [-0.2, -0.15) is 0 Å². The molecule has 0 unspecified atom stereocenters. The first kappa shape index (κ1) is 11.5. The van der Waals surface area contributed by atoms with Crippen molar-refractivity contribution in [2.45, 2.75) is 18.8 Å². The van der Waals surface area contributed by atoms with E-state index in [4.69, 9.17) is 16.3 Å². The van der Waals surface area contributed by atoms with Crippen molar-refractivity contribution >= 4 is 11.6 Å². The van der Waals surface area contributed by atoms with E-state index in [1.54, 1.807) is 7.11 Å². The Balaban J connectivity index is 2.04. The van der Waals surface area contributed by atoms with Gasteiger partial charge in [0, 0.05) is 17.2 Å². The van der Waals surface area contributed by atoms with E-state index in [0.29, 0.717) is 16.9 Å². The van der Waals surface area contributed by atoms with Crippen LogP contribution in [-0.4, -0.2) is 17.1 Å². The maximum Gasteiger partial charge on any atom is 0.161 e. The van der Waals surface area contributed by atoms with Gasteiger partial charge in [0.05, 0.1) is 7.11 Å². The van der Waals surface area contributed by atoms with Gasteiger partial charge in [0.15, 0.2) is 5.82 Å². The monoisotopic (exact) mass is 260 g/mol. The van der Waals surface area contributed by atoms with Gasteiger partial charge in [-0.3, -0.25) is 0 Å². The molecule has 3 rings (SSSR count). The zero-order valence-electron chi connectivity index (χ0n) is 10.1. The van der Waals surface area contributed by atoms with Gasteiger partial charge in [-0.25, -0.2) is 9.97 Å². The lowest BCUT2D eigenvalue weighted by Gasteiger charge is -2.06. The summed E-state index contributed by atoms with van der Waals surface area (Å²) in [6.45, 7) is 0. The van der Waals surface area contributed by atoms with Crippen LogP contribution in [0, 0.1) is 0 Å². The molecule has 1 saturated carbocycles. The summed E-state index contributed by atoms with van der Waals surface area (Å²) >= 11 is 6.06. The average Bonchev–Trinajstić information content (AvgIpc) is 3.22. The quantitative estimate of drug-likeness (QED) is 0.790. The highest BCUT2D eigenvalue weighted by Crippen LogP contribution is 2.40. The van der Waals surface area contributed by atoms with Crippen molar-refractivity contribution < 1.29 is 4.74 Å². The molecular weight excluding hydrogens is 248 g/mol. The Hall–Kier alpha value is -1.61. The van der Waals surface area contributed by atoms with E-state index in [9.17, 15) is 0 Å². The number of hydrogen-bond acceptors (Lipinski definition) is 3. The van der Waals surface area contributed by atoms with Crippen LogP contribution in [0.1, 0.15) is 24.5 Å². The predicted molar refractivity (Wildman–Crippen MR) is 71.0 cm³/mol. The molecule has 0 amide bonds. The zero-order chi connectivity index (χ0) is 12.5. The molecule has 3 nitrogen and oxygen atoms in total. The van der Waals surface area contributed by atoms with E-state index in [1.165, 1.54) is 12.8 Å². The van der Waals surface area contributed by atoms with Crippen molar-refractivity contribution in [3.05, 3.63) is 41.2 Å². The fraction of sp³-hybridized carbons (Fsp3) is 0.286. The summed E-state index contributed by atoms with van der Waals surface area (Å²) in [5, 5.41) is 0.504. The number of rotatable bonds is 3. The smallest absolute Gasteiger partial charge is 0.161 e. The number of methoxy groups -OCH3 is 1. The second-order valence-electron chi connectivity index (χ2n) is 4.45. The third-order valence-electron chi connectivity index (χ3n) is 3.04. The van der Waals surface area contributed by atoms with Gasteiger partial charge in [-0.1, -0.05) is 23.7 Å². The Labute approximate surface area is 111 Å². The fourth-order valence-electron chi connectivity index (χ4n) is 1.91. The molecule has 0 aliphatic heterocycles. The molecule has 18 heavy (non-hydrogen) atoms. The second-order valence-corrected chi connectivity index (χ2v) is 4.83. The Kier molecular flexibility index (Phi) is 2.92. The molecule has 4 heteroatoms. The molecule has 0 bridgehead atoms. The molecule has 1 aromatic carbocycles. The average molecular weight is 261 g/mol. The Morgan fingerprint density at radius 3 is 2.78 bits per heavy atom. The molecule has 0 N–H and O–H groups in total. The number of aromatic nitrogens is 2. The van der Waals surface area contributed by atoms with Gasteiger partial charge in [0.2, 0.25) is 0 Å². The number of ether oxygens (including phenoxy) is 1. The lowest BCUT2D eigenvalue weighted by Crippen LogP contribution is -1.95. The van der Waals surface area contributed by atoms with Crippen molar-refractivity contribution in [3.63, 3.8) is 0 Å². The van der Waals surface area contributed by atoms with Gasteiger partial charge in [0.25, 0.3) is 0 Å². The third kappa shape index (κ3) is 2.31. The molecule has 1 fully saturated rings. The summed E-state index contributed by atoms with van der Waals surface area (Å²) in [4.78, 5) is 8.88. The first-order chi connectivity index (χ1) is 8.76. The number of nitrogens with zero attached hydrogens (tertiary/aromatic N) is 2. The lowest BCUT2D eigenvalue weighted by atomic mass is 10.2. The van der Waals surface area contributed by atoms with Crippen molar-refractivity contribution in [2.24, 2.45) is 0 Å². The van der Waals surface area contributed by atoms with Crippen LogP contribution in [0.2, 0.25) is 5.15 Å². The van der Waals surface area contributed by atoms with Gasteiger partial charge in [-0.05, 0) is 31.0 Å². The van der Waals surface area contributed by atoms with E-state index < -0.39 is 0 Å². The third-order valence-corrected chi connectivity index (χ3v) is 3.23. The maximum atomic E-state index is 6.06. The molecule has 1 heterocycles. The van der Waals surface area contributed by atoms with E-state index in [-0.39, 0.29) is 0 Å². The fourth-order valence-corrected chi connectivity index (χ4v) is 2.11. The minimum absolute atomic E-state index is 0.504. The normalized spacial score (nSPS) is 14.6. The summed E-state index contributed by atoms with van der Waals surface area (Å²) in [5.41, 5.74) is 1.98. The van der Waals surface area contributed by atoms with E-state index in [2.05, 4.69) is 9.97 Å². The standard InChI is InChI=1S/C14H13ClN2O/c1-18-11-4-2-3-10(7-11)14-16-12(9-5-6-9)8-13(15)17-14/h2-4,7-9H,5-6H2,1H3. The second kappa shape index (κ2) is 4.58. The SMILES string of the molecule is COc1cccc(-c2nc(Cl)cc(C3CC3)n2)c1. The van der Waals surface area contributed by atoms with Gasteiger partial charge in [0.1, 0.15) is 10.9 Å². The zero-order valence-corrected chi connectivity index (χ0v) is 10.8. The van der Waals surface area contributed by atoms with Crippen LogP contribution in [0.5, 0.6) is 5.75 Å². The summed E-state index contributed by atoms with van der Waals surface area (Å²) in [6, 6.07) is 9.57. The number of halogens is 1. The Morgan fingerprint density at radius 1 is 1.22 bits per heavy atom. The topological polar surface area (TPSA) is 35.0 Å². The first-order valence-electron chi connectivity index (χ1n) is 5.95. The van der Waals surface area contributed by atoms with Crippen LogP contribution in [0.25, 0.3) is 11.4 Å². The van der Waals surface area contributed by atoms with Gasteiger partial charge >= 0.3 is 0 Å². The van der Waals surface area contributed by atoms with E-state index in [0.717, 1.165) is 17.0 Å². The predicted octanol–water partition coefficient (Wildman–Crippen LogP) is 3.68. The molecule has 1 aliphatic carbocycles. The Bertz CT molecular complexity index is 582. The molecular formula is C14H13ClN2O. The molecule has 0 spiro atoms. The van der Waals surface area contributed by atoms with Crippen molar-refractivity contribution in [1.82, 2.24) is 9.97 Å². The van der Waals surface area contributed by atoms with Crippen LogP contribution in [0.15, 0.2) is 30.3 Å². The molecule has 92 valence electrons. The molecule has 0 radical (unpaired) electrons. The van der Waals surface area contributed by atoms with Crippen LogP contribution < -0.4 is 4.74 Å². The maximum absolute atomic E-state index is 6.06. The summed E-state index contributed by atoms with van der Waals surface area (Å²) in [7, 11) is 1.65. The molecule has 0 saturated heterocycles. The van der Waals surface area contributed by atoms with E-state index in [1.807, 2.05) is 30.3 Å². The number of hydrogen-bond donors (Lipinski definition) is 0.